The highest BCUT2D eigenvalue weighted by atomic mass is 14.9. The molecule has 0 spiro atoms. The van der Waals surface area contributed by atoms with Gasteiger partial charge >= 0.3 is 0 Å². The minimum absolute atomic E-state index is 0.788. The fourth-order valence-corrected chi connectivity index (χ4v) is 14.2. The molecule has 20 rings (SSSR count). The Bertz CT molecular complexity index is 6460. The molecule has 0 bridgehead atoms. The normalized spacial score (nSPS) is 10.2. The van der Waals surface area contributed by atoms with Crippen LogP contribution < -0.4 is 0 Å². The molecule has 0 aliphatic rings. The maximum absolute atomic E-state index is 4.48. The van der Waals surface area contributed by atoms with Gasteiger partial charge in [0.25, 0.3) is 0 Å². The first-order valence-corrected chi connectivity index (χ1v) is 45.3. The van der Waals surface area contributed by atoms with Crippen LogP contribution in [0.1, 0.15) is 112 Å². The van der Waals surface area contributed by atoms with Crippen LogP contribution in [-0.4, -0.2) is 59.8 Å². The quantitative estimate of drug-likeness (QED) is 0.149. The van der Waals surface area contributed by atoms with Crippen molar-refractivity contribution >= 4 is 32.3 Å². The van der Waals surface area contributed by atoms with Crippen molar-refractivity contribution in [3.8, 4) is 79.2 Å². The maximum atomic E-state index is 4.48. The second kappa shape index (κ2) is 49.9. The number of hydrogen-bond donors (Lipinski definition) is 0. The SMILES string of the molecule is Cc1cc(C)c2ccccc2c1.Cc1ccc(-c2ccc(C)cn2)nc1.Cc1ccc(-c2cccc(C)n2)nc1.Cc1ccc(-c2ccnc(C)c2)cn1.Cc1ccc(-c2ncc(C)cn2)cc1.Cc1ccc2cc(C)ccc2c1.Cc1ccc2ccc(C)cc2c1.Cc1cccc(-c2cccc(C)n2)c1.Cc1cccc(-c2cccc(C)n2)c1.Cc1cccc(-c2cccc(C)n2)n1. The summed E-state index contributed by atoms with van der Waals surface area (Å²) in [7, 11) is 0. The molecule has 11 heterocycles. The molecule has 0 saturated heterocycles. The number of aryl methyl sites for hydroxylation is 20. The lowest BCUT2D eigenvalue weighted by molar-refractivity contribution is 1.14. The Morgan fingerprint density at radius 3 is 0.918 bits per heavy atom. The van der Waals surface area contributed by atoms with E-state index in [0.717, 1.165) is 108 Å². The molecule has 0 fully saturated rings. The maximum Gasteiger partial charge on any atom is 0.159 e. The van der Waals surface area contributed by atoms with Crippen molar-refractivity contribution < 1.29 is 0 Å². The van der Waals surface area contributed by atoms with Gasteiger partial charge in [-0.3, -0.25) is 49.8 Å². The van der Waals surface area contributed by atoms with E-state index < -0.39 is 0 Å². The largest absolute Gasteiger partial charge is 0.262 e. The average Bonchev–Trinajstić information content (AvgIpc) is 0.826. The van der Waals surface area contributed by atoms with E-state index in [-0.39, 0.29) is 0 Å². The molecule has 0 aliphatic carbocycles. The van der Waals surface area contributed by atoms with Gasteiger partial charge in [0, 0.05) is 105 Å². The van der Waals surface area contributed by atoms with Crippen LogP contribution >= 0.6 is 0 Å². The van der Waals surface area contributed by atoms with Crippen molar-refractivity contribution in [2.45, 2.75) is 138 Å². The Morgan fingerprint density at radius 2 is 0.507 bits per heavy atom. The van der Waals surface area contributed by atoms with E-state index in [1.165, 1.54) is 116 Å². The van der Waals surface area contributed by atoms with Crippen LogP contribution in [0.15, 0.2) is 377 Å². The lowest BCUT2D eigenvalue weighted by Crippen LogP contribution is -1.90. The fraction of sp³-hybridized carbons (Fsp3) is 0.164. The van der Waals surface area contributed by atoms with E-state index in [9.17, 15) is 0 Å². The van der Waals surface area contributed by atoms with Crippen molar-refractivity contribution in [2.24, 2.45) is 0 Å². The van der Waals surface area contributed by atoms with E-state index in [0.29, 0.717) is 0 Å². The zero-order chi connectivity index (χ0) is 95.4. The van der Waals surface area contributed by atoms with E-state index in [4.69, 9.17) is 0 Å². The highest BCUT2D eigenvalue weighted by Gasteiger charge is 2.08. The molecule has 20 aromatic rings. The van der Waals surface area contributed by atoms with E-state index in [2.05, 4.69) is 304 Å². The summed E-state index contributed by atoms with van der Waals surface area (Å²) in [6, 6.07) is 115. The summed E-state index contributed by atoms with van der Waals surface area (Å²) < 4.78 is 0. The van der Waals surface area contributed by atoms with Crippen LogP contribution in [0.25, 0.3) is 112 Å². The Labute approximate surface area is 793 Å². The highest BCUT2D eigenvalue weighted by molar-refractivity contribution is 5.87. The van der Waals surface area contributed by atoms with Crippen molar-refractivity contribution in [1.82, 2.24) is 59.8 Å². The van der Waals surface area contributed by atoms with Crippen LogP contribution in [0, 0.1) is 138 Å². The Kier molecular flexibility index (Phi) is 36.9. The number of aromatic nitrogens is 12. The molecule has 0 atom stereocenters. The van der Waals surface area contributed by atoms with Gasteiger partial charge in [-0.2, -0.15) is 0 Å². The first-order chi connectivity index (χ1) is 64.6. The standard InChI is InChI=1S/2C13H13N.5C12H12N2.3C12H12/c2*1-10-5-3-7-12(9-10)13-8-4-6-11(2)14-13;1-9-3-5-11(13-7-9)12-6-4-10(2)8-14-12;1-9-3-5-11(6-4-9)12-13-7-10(2)8-14-12;1-9-5-3-7-11(13-9)12-8-4-6-10(2)14-12;1-9-3-4-12(8-14-9)11-5-6-13-10(2)7-11;1-9-6-7-11(13-8-9)12-5-3-4-10(2)14-12;1-9-3-5-12-8-10(2)4-6-11(12)7-9;1-9-3-5-11-6-4-10(2)8-12(11)7-9;1-9-7-10(2)12-6-4-3-5-11(12)8-9/h2*3-9H,1-2H3;5*3-8H,1-2H3;3*3-8H,1-2H3. The van der Waals surface area contributed by atoms with Crippen molar-refractivity contribution in [2.75, 3.05) is 0 Å². The van der Waals surface area contributed by atoms with Crippen molar-refractivity contribution in [1.29, 1.82) is 0 Å². The molecular weight excluding hydrogens is 1630 g/mol. The number of nitrogens with zero attached hydrogens (tertiary/aromatic N) is 12. The Balaban J connectivity index is 0.000000143. The highest BCUT2D eigenvalue weighted by Crippen LogP contribution is 2.26. The lowest BCUT2D eigenvalue weighted by Gasteiger charge is -2.02. The predicted octanol–water partition coefficient (Wildman–Crippen LogP) is 30.9. The number of hydrogen-bond acceptors (Lipinski definition) is 12. The van der Waals surface area contributed by atoms with Gasteiger partial charge in [0.2, 0.25) is 0 Å². The zero-order valence-electron chi connectivity index (χ0n) is 81.2. The number of rotatable bonds is 7. The zero-order valence-corrected chi connectivity index (χ0v) is 81.2. The van der Waals surface area contributed by atoms with Gasteiger partial charge in [-0.05, 0) is 313 Å². The third-order valence-corrected chi connectivity index (χ3v) is 21.3. The minimum atomic E-state index is 0.788. The van der Waals surface area contributed by atoms with Gasteiger partial charge in [-0.15, -0.1) is 0 Å². The first kappa shape index (κ1) is 98.9. The fourth-order valence-electron chi connectivity index (χ4n) is 14.2. The van der Waals surface area contributed by atoms with Gasteiger partial charge in [0.05, 0.1) is 45.6 Å². The monoisotopic (exact) mass is 1750 g/mol. The van der Waals surface area contributed by atoms with Crippen LogP contribution in [0.4, 0.5) is 0 Å². The molecule has 12 nitrogen and oxygen atoms in total. The molecular formula is C122H122N12. The smallest absolute Gasteiger partial charge is 0.159 e. The van der Waals surface area contributed by atoms with Crippen LogP contribution in [0.3, 0.4) is 0 Å². The number of pyridine rings is 10. The summed E-state index contributed by atoms with van der Waals surface area (Å²) >= 11 is 0. The molecule has 0 amide bonds. The van der Waals surface area contributed by atoms with E-state index >= 15 is 0 Å². The predicted molar refractivity (Wildman–Crippen MR) is 563 cm³/mol. The minimum Gasteiger partial charge on any atom is -0.262 e. The van der Waals surface area contributed by atoms with Crippen molar-refractivity contribution in [3.63, 3.8) is 0 Å². The van der Waals surface area contributed by atoms with Gasteiger partial charge in [0.1, 0.15) is 0 Å². The molecule has 0 aliphatic heterocycles. The summed E-state index contributed by atoms with van der Waals surface area (Å²) in [6.45, 7) is 41.1. The van der Waals surface area contributed by atoms with Gasteiger partial charge < -0.3 is 0 Å². The summed E-state index contributed by atoms with van der Waals surface area (Å²) in [6.07, 6.45) is 13.0. The van der Waals surface area contributed by atoms with Gasteiger partial charge in [0.15, 0.2) is 5.82 Å². The third kappa shape index (κ3) is 32.2. The van der Waals surface area contributed by atoms with Gasteiger partial charge in [-0.1, -0.05) is 269 Å². The lowest BCUT2D eigenvalue weighted by atomic mass is 10.0. The molecule has 12 heteroatoms. The molecule has 9 aromatic carbocycles. The van der Waals surface area contributed by atoms with Crippen molar-refractivity contribution in [3.05, 3.63) is 489 Å². The van der Waals surface area contributed by atoms with E-state index in [1.54, 1.807) is 0 Å². The topological polar surface area (TPSA) is 155 Å². The van der Waals surface area contributed by atoms with Crippen LogP contribution in [0.5, 0.6) is 0 Å². The molecule has 0 radical (unpaired) electrons. The molecule has 134 heavy (non-hydrogen) atoms. The van der Waals surface area contributed by atoms with Crippen LogP contribution in [-0.2, 0) is 0 Å². The summed E-state index contributed by atoms with van der Waals surface area (Å²) in [5.74, 6) is 0.788. The van der Waals surface area contributed by atoms with Crippen LogP contribution in [0.2, 0.25) is 0 Å². The Hall–Kier alpha value is -15.7. The third-order valence-electron chi connectivity index (χ3n) is 21.3. The second-order valence-corrected chi connectivity index (χ2v) is 34.1. The molecule has 670 valence electrons. The molecule has 0 unspecified atom stereocenters. The Morgan fingerprint density at radius 1 is 0.149 bits per heavy atom. The second-order valence-electron chi connectivity index (χ2n) is 34.1. The molecule has 0 N–H and O–H groups in total. The molecule has 0 saturated carbocycles. The summed E-state index contributed by atoms with van der Waals surface area (Å²) in [4.78, 5) is 52.1. The summed E-state index contributed by atoms with van der Waals surface area (Å²) in [5, 5.41) is 8.04. The summed E-state index contributed by atoms with van der Waals surface area (Å²) in [5.41, 5.74) is 37.1. The average molecular weight is 1760 g/mol. The number of benzene rings is 9. The number of fused-ring (bicyclic) bond motifs is 3. The first-order valence-electron chi connectivity index (χ1n) is 45.3. The van der Waals surface area contributed by atoms with E-state index in [1.807, 2.05) is 271 Å². The molecule has 11 aromatic heterocycles. The van der Waals surface area contributed by atoms with Gasteiger partial charge in [-0.25, -0.2) is 9.97 Å².